The molecule has 0 saturated carbocycles. The third-order valence-electron chi connectivity index (χ3n) is 7.62. The second kappa shape index (κ2) is 14.9. The van der Waals surface area contributed by atoms with E-state index in [-0.39, 0.29) is 36.9 Å². The smallest absolute Gasteiger partial charge is 0.390 e. The average molecular weight is 622 g/mol. The van der Waals surface area contributed by atoms with Crippen molar-refractivity contribution in [2.45, 2.75) is 54.4 Å². The standard InChI is InChI=1S/C25H38B3N2O10PS/c1-30-15(9-10-18(30)29-25(33)14-7-5-4-6-8-14)13-42-41(34,37-12-17-19(32)21(35-2)23(26)38-17)40-20-16(11-31)39-24(28-27)22(20)36-3/h4-10,16-17,19-24,28,31-32H,11-13,26-27H2,1-3H3,(H,29,33)/t16-,17-,19+,20+,21?,22?,23-,24-,41?/m1/s1. The van der Waals surface area contributed by atoms with Gasteiger partial charge in [0.25, 0.3) is 5.91 Å². The first-order chi connectivity index (χ1) is 20.1. The quantitative estimate of drug-likeness (QED) is 0.185. The van der Waals surface area contributed by atoms with Crippen molar-refractivity contribution in [3.05, 3.63) is 53.7 Å². The van der Waals surface area contributed by atoms with Crippen molar-refractivity contribution in [1.29, 1.82) is 0 Å². The van der Waals surface area contributed by atoms with E-state index in [0.29, 0.717) is 18.6 Å². The van der Waals surface area contributed by atoms with E-state index in [9.17, 15) is 19.6 Å². The predicted octanol–water partition coefficient (Wildman–Crippen LogP) is -0.529. The summed E-state index contributed by atoms with van der Waals surface area (Å²) in [5.74, 6) is 0.513. The number of carbonyl (C=O) groups excluding carboxylic acids is 1. The van der Waals surface area contributed by atoms with Crippen LogP contribution in [0.4, 0.5) is 5.82 Å². The maximum atomic E-state index is 14.3. The summed E-state index contributed by atoms with van der Waals surface area (Å²) in [6, 6.07) is 11.7. The number of hydrogen-bond donors (Lipinski definition) is 3. The van der Waals surface area contributed by atoms with Crippen LogP contribution in [0.5, 0.6) is 0 Å². The number of benzene rings is 1. The van der Waals surface area contributed by atoms with Gasteiger partial charge in [-0.15, -0.1) is 0 Å². The molecule has 0 radical (unpaired) electrons. The van der Waals surface area contributed by atoms with E-state index in [1.165, 1.54) is 14.2 Å². The summed E-state index contributed by atoms with van der Waals surface area (Å²) in [4.78, 5) is 12.7. The summed E-state index contributed by atoms with van der Waals surface area (Å²) in [6.07, 6.45) is -4.53. The first kappa shape index (κ1) is 33.3. The number of hydrogen-bond acceptors (Lipinski definition) is 11. The van der Waals surface area contributed by atoms with Gasteiger partial charge in [-0.2, -0.15) is 0 Å². The molecule has 17 heteroatoms. The molecular formula is C25H38B3N2O10PS. The lowest BCUT2D eigenvalue weighted by Gasteiger charge is -2.28. The second-order valence-corrected chi connectivity index (χ2v) is 14.3. The summed E-state index contributed by atoms with van der Waals surface area (Å²) < 4.78 is 50.8. The molecule has 2 aliphatic heterocycles. The molecule has 12 nitrogen and oxygen atoms in total. The zero-order valence-electron chi connectivity index (χ0n) is 24.5. The number of ether oxygens (including phenoxy) is 4. The maximum Gasteiger partial charge on any atom is 0.390 e. The lowest BCUT2D eigenvalue weighted by Crippen LogP contribution is -2.39. The van der Waals surface area contributed by atoms with Gasteiger partial charge < -0.3 is 39.0 Å². The summed E-state index contributed by atoms with van der Waals surface area (Å²) >= 11 is 0.949. The first-order valence-corrected chi connectivity index (χ1v) is 17.0. The van der Waals surface area contributed by atoms with Crippen LogP contribution in [0.15, 0.2) is 42.5 Å². The fourth-order valence-corrected chi connectivity index (χ4v) is 8.66. The molecule has 2 aromatic rings. The van der Waals surface area contributed by atoms with Crippen molar-refractivity contribution in [3.8, 4) is 0 Å². The van der Waals surface area contributed by atoms with Gasteiger partial charge >= 0.3 is 6.80 Å². The third-order valence-corrected chi connectivity index (χ3v) is 11.2. The van der Waals surface area contributed by atoms with Gasteiger partial charge in [0, 0.05) is 44.3 Å². The fraction of sp³-hybridized carbons (Fsp3) is 0.560. The number of nitrogens with zero attached hydrogens (tertiary/aromatic N) is 1. The number of aliphatic hydroxyl groups is 2. The number of nitrogens with one attached hydrogen (secondary N) is 1. The number of amides is 1. The van der Waals surface area contributed by atoms with Crippen LogP contribution in [-0.4, -0.2) is 120 Å². The Balaban J connectivity index is 1.50. The van der Waals surface area contributed by atoms with Crippen molar-refractivity contribution < 1.29 is 47.6 Å². The third kappa shape index (κ3) is 7.55. The van der Waals surface area contributed by atoms with Gasteiger partial charge in [-0.3, -0.25) is 13.8 Å². The Morgan fingerprint density at radius 2 is 1.83 bits per heavy atom. The van der Waals surface area contributed by atoms with Gasteiger partial charge in [0.05, 0.1) is 27.0 Å². The fourth-order valence-electron chi connectivity index (χ4n) is 5.24. The van der Waals surface area contributed by atoms with Gasteiger partial charge in [-0.25, -0.2) is 4.57 Å². The first-order valence-electron chi connectivity index (χ1n) is 13.9. The topological polar surface area (TPSA) is 147 Å². The molecule has 2 saturated heterocycles. The Hall–Kier alpha value is -1.58. The van der Waals surface area contributed by atoms with Gasteiger partial charge in [0.2, 0.25) is 0 Å². The Kier molecular flexibility index (Phi) is 11.9. The predicted molar refractivity (Wildman–Crippen MR) is 166 cm³/mol. The minimum atomic E-state index is -3.97. The number of methoxy groups -OCH3 is 2. The normalized spacial score (nSPS) is 30.7. The van der Waals surface area contributed by atoms with Crippen molar-refractivity contribution in [1.82, 2.24) is 4.57 Å². The molecule has 2 fully saturated rings. The maximum absolute atomic E-state index is 14.3. The molecule has 0 spiro atoms. The molecule has 42 heavy (non-hydrogen) atoms. The monoisotopic (exact) mass is 622 g/mol. The van der Waals surface area contributed by atoms with Crippen LogP contribution in [-0.2, 0) is 45.4 Å². The van der Waals surface area contributed by atoms with E-state index < -0.39 is 43.4 Å². The van der Waals surface area contributed by atoms with Crippen LogP contribution in [0.1, 0.15) is 16.1 Å². The number of aromatic nitrogens is 1. The number of aliphatic hydroxyl groups excluding tert-OH is 2. The molecule has 1 amide bonds. The highest BCUT2D eigenvalue weighted by Gasteiger charge is 2.49. The molecule has 3 unspecified atom stereocenters. The highest BCUT2D eigenvalue weighted by molar-refractivity contribution is 8.54. The Labute approximate surface area is 252 Å². The van der Waals surface area contributed by atoms with Gasteiger partial charge in [0.1, 0.15) is 57.5 Å². The van der Waals surface area contributed by atoms with Crippen LogP contribution in [0.3, 0.4) is 0 Å². The zero-order chi connectivity index (χ0) is 30.4. The minimum Gasteiger partial charge on any atom is -0.394 e. The van der Waals surface area contributed by atoms with E-state index in [4.69, 9.17) is 28.0 Å². The molecule has 4 rings (SSSR count). The Morgan fingerprint density at radius 1 is 1.12 bits per heavy atom. The van der Waals surface area contributed by atoms with Crippen LogP contribution in [0.25, 0.3) is 0 Å². The van der Waals surface area contributed by atoms with Gasteiger partial charge in [-0.1, -0.05) is 18.2 Å². The molecule has 0 bridgehead atoms. The van der Waals surface area contributed by atoms with Crippen LogP contribution in [0, 0.1) is 0 Å². The molecule has 1 aromatic carbocycles. The second-order valence-electron chi connectivity index (χ2n) is 10.3. The van der Waals surface area contributed by atoms with E-state index >= 15 is 0 Å². The number of carbonyl (C=O) groups is 1. The van der Waals surface area contributed by atoms with Crippen LogP contribution < -0.4 is 5.32 Å². The lowest BCUT2D eigenvalue weighted by molar-refractivity contribution is -0.0242. The van der Waals surface area contributed by atoms with Crippen molar-refractivity contribution in [2.75, 3.05) is 32.8 Å². The van der Waals surface area contributed by atoms with Crippen molar-refractivity contribution >= 4 is 52.7 Å². The van der Waals surface area contributed by atoms with E-state index in [0.717, 1.165) is 17.1 Å². The van der Waals surface area contributed by atoms with Gasteiger partial charge in [-0.05, 0) is 35.6 Å². The highest BCUT2D eigenvalue weighted by atomic mass is 32.7. The molecule has 1 aromatic heterocycles. The molecule has 0 aliphatic carbocycles. The largest absolute Gasteiger partial charge is 0.394 e. The van der Waals surface area contributed by atoms with Crippen molar-refractivity contribution in [2.24, 2.45) is 7.05 Å². The molecule has 9 atom stereocenters. The molecular weight excluding hydrogens is 584 g/mol. The molecule has 2 aliphatic rings. The summed E-state index contributed by atoms with van der Waals surface area (Å²) in [5, 5.41) is 23.5. The summed E-state index contributed by atoms with van der Waals surface area (Å²) in [6.45, 7) is -4.54. The van der Waals surface area contributed by atoms with Crippen molar-refractivity contribution in [3.63, 3.8) is 0 Å². The SMILES string of the molecule is BB[C@@H]1O[C@H](CO)[C@H](OP(=O)(OC[C@H]2O[C@@H](B)C(OC)[C@H]2O)SCc2ccc(NC(=O)c3ccccc3)n2C)C1OC. The summed E-state index contributed by atoms with van der Waals surface area (Å²) in [5.41, 5.74) is 1.27. The van der Waals surface area contributed by atoms with Crippen LogP contribution >= 0.6 is 18.2 Å². The summed E-state index contributed by atoms with van der Waals surface area (Å²) in [7, 11) is 9.09. The van der Waals surface area contributed by atoms with Gasteiger partial charge in [0.15, 0.2) is 0 Å². The highest BCUT2D eigenvalue weighted by Crippen LogP contribution is 2.63. The van der Waals surface area contributed by atoms with E-state index in [1.54, 1.807) is 49.8 Å². The molecule has 3 N–H and O–H groups in total. The van der Waals surface area contributed by atoms with E-state index in [2.05, 4.69) is 5.32 Å². The molecule has 3 heterocycles. The van der Waals surface area contributed by atoms with E-state index in [1.807, 2.05) is 19.9 Å². The number of anilines is 1. The zero-order valence-corrected chi connectivity index (χ0v) is 26.2. The minimum absolute atomic E-state index is 0.201. The van der Waals surface area contributed by atoms with Crippen LogP contribution in [0.2, 0.25) is 0 Å². The molecule has 228 valence electrons. The number of rotatable bonds is 14. The lowest BCUT2D eigenvalue weighted by atomic mass is 9.50. The Bertz CT molecular complexity index is 1230. The average Bonchev–Trinajstić information content (AvgIpc) is 3.62. The Morgan fingerprint density at radius 3 is 2.45 bits per heavy atom.